The third-order valence-electron chi connectivity index (χ3n) is 3.23. The molecule has 1 aliphatic rings. The van der Waals surface area contributed by atoms with Crippen molar-refractivity contribution in [2.75, 3.05) is 5.01 Å². The van der Waals surface area contributed by atoms with E-state index in [1.807, 2.05) is 6.07 Å². The average Bonchev–Trinajstić information content (AvgIpc) is 2.83. The Labute approximate surface area is 171 Å². The van der Waals surface area contributed by atoms with Crippen LogP contribution in [0.5, 0.6) is 0 Å². The Kier molecular flexibility index (Phi) is 6.45. The van der Waals surface area contributed by atoms with Gasteiger partial charge in [0, 0.05) is 5.02 Å². The molecule has 3 rings (SSSR count). The zero-order valence-electron chi connectivity index (χ0n) is 13.0. The first-order valence-corrected chi connectivity index (χ1v) is 7.86. The number of amidine groups is 1. The molecule has 1 fully saturated rings. The van der Waals surface area contributed by atoms with Gasteiger partial charge in [-0.25, -0.2) is 10.0 Å². The van der Waals surface area contributed by atoms with E-state index in [1.165, 1.54) is 12.1 Å². The minimum atomic E-state index is -0.606. The predicted octanol–water partition coefficient (Wildman–Crippen LogP) is 0.476. The van der Waals surface area contributed by atoms with Crippen LogP contribution in [-0.4, -0.2) is 11.7 Å². The van der Waals surface area contributed by atoms with Crippen LogP contribution >= 0.6 is 34.8 Å². The van der Waals surface area contributed by atoms with Crippen molar-refractivity contribution in [3.8, 4) is 0 Å². The Bertz CT molecular complexity index is 849. The molecule has 0 unspecified atom stereocenters. The average molecular weight is 389 g/mol. The summed E-state index contributed by atoms with van der Waals surface area (Å²) in [5.41, 5.74) is 3.42. The van der Waals surface area contributed by atoms with Gasteiger partial charge in [-0.1, -0.05) is 53.0 Å². The SMILES string of the molecule is O=C1/C(=C\[O-])C(=Nc2ccccc2)NN1c1c(Cl)cc(Cl)cc1Cl.[Li+]. The van der Waals surface area contributed by atoms with Crippen LogP contribution in [0, 0.1) is 0 Å². The Morgan fingerprint density at radius 2 is 1.68 bits per heavy atom. The molecule has 1 aliphatic heterocycles. The van der Waals surface area contributed by atoms with E-state index in [2.05, 4.69) is 10.4 Å². The van der Waals surface area contributed by atoms with Gasteiger partial charge in [-0.05, 0) is 24.3 Å². The summed E-state index contributed by atoms with van der Waals surface area (Å²) in [6.45, 7) is 0. The van der Waals surface area contributed by atoms with Gasteiger partial charge in [-0.3, -0.25) is 10.2 Å². The normalized spacial score (nSPS) is 16.9. The Balaban J connectivity index is 0.00000225. The fraction of sp³-hybridized carbons (Fsp3) is 0. The van der Waals surface area contributed by atoms with E-state index in [-0.39, 0.29) is 46.0 Å². The summed E-state index contributed by atoms with van der Waals surface area (Å²) in [5.74, 6) is -0.492. The smallest absolute Gasteiger partial charge is 0.877 e. The first-order chi connectivity index (χ1) is 11.5. The van der Waals surface area contributed by atoms with Crippen LogP contribution in [0.25, 0.3) is 0 Å². The van der Waals surface area contributed by atoms with E-state index < -0.39 is 5.91 Å². The second kappa shape index (κ2) is 8.18. The van der Waals surface area contributed by atoms with Crippen molar-refractivity contribution in [2.45, 2.75) is 0 Å². The van der Waals surface area contributed by atoms with Crippen molar-refractivity contribution in [1.29, 1.82) is 0 Å². The predicted molar refractivity (Wildman–Crippen MR) is 93.7 cm³/mol. The van der Waals surface area contributed by atoms with Crippen molar-refractivity contribution in [3.63, 3.8) is 0 Å². The summed E-state index contributed by atoms with van der Waals surface area (Å²) in [7, 11) is 0. The third kappa shape index (κ3) is 3.97. The number of nitrogens with one attached hydrogen (secondary N) is 1. The standard InChI is InChI=1S/C16H10Cl3N3O2.Li/c17-9-6-12(18)14(13(19)7-9)22-16(24)11(8-23)15(21-22)20-10-4-2-1-3-5-10;/h1-8,23H,(H,20,21);/q;+1/p-1/b11-8-;. The Morgan fingerprint density at radius 1 is 1.08 bits per heavy atom. The van der Waals surface area contributed by atoms with E-state index in [1.54, 1.807) is 24.3 Å². The number of nitrogens with zero attached hydrogens (tertiary/aromatic N) is 2. The first kappa shape index (κ1) is 19.7. The maximum absolute atomic E-state index is 12.5. The van der Waals surface area contributed by atoms with Gasteiger partial charge in [-0.15, -0.1) is 6.26 Å². The monoisotopic (exact) mass is 387 g/mol. The maximum Gasteiger partial charge on any atom is 1.00 e. The third-order valence-corrected chi connectivity index (χ3v) is 4.02. The van der Waals surface area contributed by atoms with Crippen molar-refractivity contribution in [3.05, 3.63) is 69.4 Å². The van der Waals surface area contributed by atoms with E-state index in [0.29, 0.717) is 17.0 Å². The molecular formula is C16H9Cl3LiN3O2. The van der Waals surface area contributed by atoms with Gasteiger partial charge in [0.1, 0.15) is 5.69 Å². The number of rotatable bonds is 2. The fourth-order valence-corrected chi connectivity index (χ4v) is 3.15. The number of halogens is 3. The first-order valence-electron chi connectivity index (χ1n) is 6.73. The zero-order valence-corrected chi connectivity index (χ0v) is 15.2. The molecule has 2 aromatic rings. The molecule has 0 bridgehead atoms. The molecule has 9 heteroatoms. The maximum atomic E-state index is 12.5. The molecule has 1 heterocycles. The number of aliphatic imine (C=N–C) groups is 1. The van der Waals surface area contributed by atoms with Crippen LogP contribution in [0.2, 0.25) is 15.1 Å². The second-order valence-electron chi connectivity index (χ2n) is 4.80. The van der Waals surface area contributed by atoms with Gasteiger partial charge in [0.25, 0.3) is 5.91 Å². The van der Waals surface area contributed by atoms with Crippen molar-refractivity contribution in [1.82, 2.24) is 5.43 Å². The summed E-state index contributed by atoms with van der Waals surface area (Å²) >= 11 is 18.2. The molecular weight excluding hydrogens is 379 g/mol. The Morgan fingerprint density at radius 3 is 2.24 bits per heavy atom. The molecule has 5 nitrogen and oxygen atoms in total. The molecule has 0 spiro atoms. The summed E-state index contributed by atoms with van der Waals surface area (Å²) < 4.78 is 0. The van der Waals surface area contributed by atoms with Crippen molar-refractivity contribution in [2.24, 2.45) is 4.99 Å². The summed E-state index contributed by atoms with van der Waals surface area (Å²) in [6.07, 6.45) is 0.439. The summed E-state index contributed by atoms with van der Waals surface area (Å²) in [5, 5.41) is 13.1. The van der Waals surface area contributed by atoms with Crippen LogP contribution in [0.4, 0.5) is 11.4 Å². The number of hydrogen-bond donors (Lipinski definition) is 1. The van der Waals surface area contributed by atoms with Crippen molar-refractivity contribution < 1.29 is 28.8 Å². The minimum Gasteiger partial charge on any atom is -0.877 e. The van der Waals surface area contributed by atoms with Gasteiger partial charge in [0.2, 0.25) is 0 Å². The molecule has 1 saturated heterocycles. The van der Waals surface area contributed by atoms with Crippen LogP contribution in [0.15, 0.2) is 59.3 Å². The molecule has 1 N–H and O–H groups in total. The van der Waals surface area contributed by atoms with Crippen molar-refractivity contribution >= 4 is 57.9 Å². The summed E-state index contributed by atoms with van der Waals surface area (Å²) in [6, 6.07) is 11.8. The molecule has 0 atom stereocenters. The van der Waals surface area contributed by atoms with E-state index in [0.717, 1.165) is 5.01 Å². The van der Waals surface area contributed by atoms with E-state index in [9.17, 15) is 9.90 Å². The zero-order chi connectivity index (χ0) is 17.3. The number of para-hydroxylation sites is 1. The van der Waals surface area contributed by atoms with Gasteiger partial charge < -0.3 is 5.11 Å². The van der Waals surface area contributed by atoms with Crippen LogP contribution in [0.1, 0.15) is 0 Å². The molecule has 0 radical (unpaired) electrons. The molecule has 0 saturated carbocycles. The molecule has 0 aliphatic carbocycles. The van der Waals surface area contributed by atoms with Gasteiger partial charge in [-0.2, -0.15) is 0 Å². The number of anilines is 1. The van der Waals surface area contributed by atoms with Gasteiger partial charge in [0.15, 0.2) is 5.84 Å². The number of carbonyl (C=O) groups excluding carboxylic acids is 1. The molecule has 122 valence electrons. The van der Waals surface area contributed by atoms with Crippen LogP contribution in [-0.2, 0) is 4.79 Å². The minimum absolute atomic E-state index is 0. The molecule has 0 aromatic heterocycles. The van der Waals surface area contributed by atoms with E-state index >= 15 is 0 Å². The van der Waals surface area contributed by atoms with Crippen LogP contribution < -0.4 is 34.4 Å². The molecule has 1 amide bonds. The summed E-state index contributed by atoms with van der Waals surface area (Å²) in [4.78, 5) is 16.8. The largest absolute Gasteiger partial charge is 1.00 e. The van der Waals surface area contributed by atoms with Crippen LogP contribution in [0.3, 0.4) is 0 Å². The number of amides is 1. The Hall–Kier alpha value is -1.61. The fourth-order valence-electron chi connectivity index (χ4n) is 2.17. The number of benzene rings is 2. The molecule has 2 aromatic carbocycles. The quantitative estimate of drug-likeness (QED) is 0.462. The number of carbonyl (C=O) groups is 1. The topological polar surface area (TPSA) is 67.8 Å². The van der Waals surface area contributed by atoms with Gasteiger partial charge >= 0.3 is 18.9 Å². The van der Waals surface area contributed by atoms with Gasteiger partial charge in [0.05, 0.1) is 21.3 Å². The number of hydrazine groups is 1. The molecule has 25 heavy (non-hydrogen) atoms. The van der Waals surface area contributed by atoms with E-state index in [4.69, 9.17) is 34.8 Å². The number of hydrogen-bond acceptors (Lipinski definition) is 3. The second-order valence-corrected chi connectivity index (χ2v) is 6.05.